The molecule has 0 radical (unpaired) electrons. The number of fused-ring (bicyclic) bond motifs is 1. The second-order valence-electron chi connectivity index (χ2n) is 8.57. The topological polar surface area (TPSA) is 98.1 Å². The van der Waals surface area contributed by atoms with Crippen LogP contribution in [0.1, 0.15) is 35.7 Å². The third-order valence-electron chi connectivity index (χ3n) is 5.75. The molecule has 3 aromatic heterocycles. The zero-order chi connectivity index (χ0) is 26.7. The normalized spacial score (nSPS) is 14.5. The van der Waals surface area contributed by atoms with Crippen molar-refractivity contribution in [1.82, 2.24) is 30.0 Å². The minimum absolute atomic E-state index is 0.184. The Morgan fingerprint density at radius 1 is 1.22 bits per heavy atom. The predicted molar refractivity (Wildman–Crippen MR) is 133 cm³/mol. The summed E-state index contributed by atoms with van der Waals surface area (Å²) in [5.74, 6) is 0.403. The largest absolute Gasteiger partial charge is 0.433 e. The van der Waals surface area contributed by atoms with Gasteiger partial charge < -0.3 is 15.0 Å². The van der Waals surface area contributed by atoms with Gasteiger partial charge in [-0.15, -0.1) is 0 Å². The Hall–Kier alpha value is -4.06. The summed E-state index contributed by atoms with van der Waals surface area (Å²) in [5.41, 5.74) is 1.86. The number of aromatic nitrogens is 5. The van der Waals surface area contributed by atoms with E-state index in [1.54, 1.807) is 17.0 Å². The summed E-state index contributed by atoms with van der Waals surface area (Å²) in [4.78, 5) is 27.7. The van der Waals surface area contributed by atoms with E-state index in [1.807, 2.05) is 20.9 Å². The molecule has 3 aromatic rings. The first-order valence-corrected chi connectivity index (χ1v) is 11.5. The molecule has 0 spiro atoms. The number of anilines is 1. The van der Waals surface area contributed by atoms with Crippen LogP contribution in [0.15, 0.2) is 54.5 Å². The van der Waals surface area contributed by atoms with E-state index in [9.17, 15) is 18.0 Å². The number of halogens is 3. The Bertz CT molecular complexity index is 1400. The van der Waals surface area contributed by atoms with Gasteiger partial charge in [-0.05, 0) is 38.1 Å². The van der Waals surface area contributed by atoms with Crippen LogP contribution in [0.4, 0.5) is 19.0 Å². The van der Waals surface area contributed by atoms with Crippen molar-refractivity contribution in [3.8, 4) is 0 Å². The molecule has 0 atom stereocenters. The molecule has 12 heteroatoms. The van der Waals surface area contributed by atoms with Crippen molar-refractivity contribution in [2.75, 3.05) is 31.2 Å². The molecular weight excluding hydrogens is 487 g/mol. The van der Waals surface area contributed by atoms with Gasteiger partial charge in [0, 0.05) is 43.2 Å². The number of rotatable bonds is 6. The molecule has 0 aromatic carbocycles. The van der Waals surface area contributed by atoms with E-state index in [4.69, 9.17) is 14.7 Å². The van der Waals surface area contributed by atoms with Gasteiger partial charge >= 0.3 is 6.18 Å². The zero-order valence-electron chi connectivity index (χ0n) is 20.6. The highest BCUT2D eigenvalue weighted by Gasteiger charge is 2.33. The van der Waals surface area contributed by atoms with Gasteiger partial charge in [0.15, 0.2) is 11.6 Å². The molecule has 9 nitrogen and oxygen atoms in total. The maximum absolute atomic E-state index is 13.0. The first-order valence-electron chi connectivity index (χ1n) is 11.5. The number of carbonyl (C=O) groups excluding carboxylic acids is 1. The maximum Gasteiger partial charge on any atom is 0.433 e. The first kappa shape index (κ1) is 26.0. The van der Waals surface area contributed by atoms with Crippen LogP contribution in [0.5, 0.6) is 0 Å². The molecule has 1 aliphatic heterocycles. The first-order chi connectivity index (χ1) is 17.6. The molecule has 4 heterocycles. The SMILES string of the molecule is C=C/C(=C\C(=C(C)C)c1nc(N2CCOCC2)c2c(cnn2C)n1)NC(=O)c1ccnc(C(F)(F)F)c1. The average molecular weight is 514 g/mol. The number of hydrogen-bond acceptors (Lipinski definition) is 7. The van der Waals surface area contributed by atoms with E-state index in [1.165, 1.54) is 12.1 Å². The van der Waals surface area contributed by atoms with E-state index in [2.05, 4.69) is 26.9 Å². The quantitative estimate of drug-likeness (QED) is 0.499. The summed E-state index contributed by atoms with van der Waals surface area (Å²) in [6.45, 7) is 9.96. The molecule has 1 saturated heterocycles. The fourth-order valence-electron chi connectivity index (χ4n) is 3.84. The number of nitrogens with one attached hydrogen (secondary N) is 1. The highest BCUT2D eigenvalue weighted by molar-refractivity contribution is 5.96. The molecule has 1 amide bonds. The van der Waals surface area contributed by atoms with Crippen LogP contribution < -0.4 is 10.2 Å². The molecule has 0 aliphatic carbocycles. The minimum atomic E-state index is -4.66. The van der Waals surface area contributed by atoms with Crippen molar-refractivity contribution in [3.63, 3.8) is 0 Å². The summed E-state index contributed by atoms with van der Waals surface area (Å²) in [6.07, 6.45) is 0.989. The second kappa shape index (κ2) is 10.5. The second-order valence-corrected chi connectivity index (χ2v) is 8.57. The van der Waals surface area contributed by atoms with Crippen molar-refractivity contribution in [1.29, 1.82) is 0 Å². The Morgan fingerprint density at radius 3 is 2.59 bits per heavy atom. The van der Waals surface area contributed by atoms with Crippen LogP contribution in [-0.2, 0) is 18.0 Å². The number of ether oxygens (including phenoxy) is 1. The standard InChI is InChI=1S/C25H26F3N7O2/c1-5-17(31-24(36)16-6-7-29-20(12-16)25(26,27)28)13-18(15(2)3)22-32-19-14-30-34(4)21(19)23(33-22)35-8-10-37-11-9-35/h5-7,12-14H,1,8-11H2,2-4H3,(H,31,36)/b17-13+. The molecule has 4 rings (SSSR count). The molecule has 1 fully saturated rings. The minimum Gasteiger partial charge on any atom is -0.378 e. The predicted octanol–water partition coefficient (Wildman–Crippen LogP) is 3.91. The molecule has 1 N–H and O–H groups in total. The van der Waals surface area contributed by atoms with Crippen LogP contribution in [-0.4, -0.2) is 56.9 Å². The number of pyridine rings is 1. The van der Waals surface area contributed by atoms with Crippen LogP contribution >= 0.6 is 0 Å². The summed E-state index contributed by atoms with van der Waals surface area (Å²) in [5, 5.41) is 6.95. The summed E-state index contributed by atoms with van der Waals surface area (Å²) >= 11 is 0. The van der Waals surface area contributed by atoms with Gasteiger partial charge in [-0.25, -0.2) is 9.97 Å². The van der Waals surface area contributed by atoms with Crippen molar-refractivity contribution in [2.45, 2.75) is 20.0 Å². The van der Waals surface area contributed by atoms with Crippen molar-refractivity contribution >= 4 is 28.3 Å². The smallest absolute Gasteiger partial charge is 0.378 e. The fourth-order valence-corrected chi connectivity index (χ4v) is 3.84. The Labute approximate surface area is 211 Å². The van der Waals surface area contributed by atoms with Crippen LogP contribution in [0.25, 0.3) is 16.6 Å². The van der Waals surface area contributed by atoms with Crippen LogP contribution in [0.2, 0.25) is 0 Å². The van der Waals surface area contributed by atoms with Gasteiger partial charge in [0.05, 0.1) is 19.4 Å². The fraction of sp³-hybridized carbons (Fsp3) is 0.320. The molecule has 37 heavy (non-hydrogen) atoms. The monoisotopic (exact) mass is 513 g/mol. The van der Waals surface area contributed by atoms with Gasteiger partial charge in [0.1, 0.15) is 16.7 Å². The summed E-state index contributed by atoms with van der Waals surface area (Å²) < 4.78 is 46.3. The van der Waals surface area contributed by atoms with Crippen molar-refractivity contribution in [3.05, 3.63) is 71.6 Å². The summed E-state index contributed by atoms with van der Waals surface area (Å²) in [6, 6.07) is 1.91. The van der Waals surface area contributed by atoms with Gasteiger partial charge in [0.25, 0.3) is 5.91 Å². The number of nitrogens with zero attached hydrogens (tertiary/aromatic N) is 6. The van der Waals surface area contributed by atoms with Gasteiger partial charge in [-0.1, -0.05) is 12.2 Å². The van der Waals surface area contributed by atoms with Gasteiger partial charge in [-0.2, -0.15) is 18.3 Å². The number of carbonyl (C=O) groups is 1. The highest BCUT2D eigenvalue weighted by Crippen LogP contribution is 2.29. The average Bonchev–Trinajstić information content (AvgIpc) is 3.26. The number of aryl methyl sites for hydroxylation is 1. The molecule has 1 aliphatic rings. The van der Waals surface area contributed by atoms with E-state index >= 15 is 0 Å². The number of allylic oxidation sites excluding steroid dienone is 4. The maximum atomic E-state index is 13.0. The third kappa shape index (κ3) is 5.69. The number of morpholine rings is 1. The lowest BCUT2D eigenvalue weighted by molar-refractivity contribution is -0.141. The number of hydrogen-bond donors (Lipinski definition) is 1. The molecule has 0 saturated carbocycles. The lowest BCUT2D eigenvalue weighted by atomic mass is 10.1. The highest BCUT2D eigenvalue weighted by atomic mass is 19.4. The summed E-state index contributed by atoms with van der Waals surface area (Å²) in [7, 11) is 1.83. The van der Waals surface area contributed by atoms with E-state index in [0.29, 0.717) is 49.3 Å². The molecule has 194 valence electrons. The molecular formula is C25H26F3N7O2. The number of alkyl halides is 3. The van der Waals surface area contributed by atoms with Gasteiger partial charge in [-0.3, -0.25) is 14.5 Å². The lowest BCUT2D eigenvalue weighted by Gasteiger charge is -2.28. The van der Waals surface area contributed by atoms with Crippen LogP contribution in [0.3, 0.4) is 0 Å². The van der Waals surface area contributed by atoms with E-state index in [-0.39, 0.29) is 11.3 Å². The van der Waals surface area contributed by atoms with Crippen molar-refractivity contribution < 1.29 is 22.7 Å². The Kier molecular flexibility index (Phi) is 7.39. The molecule has 0 unspecified atom stereocenters. The lowest BCUT2D eigenvalue weighted by Crippen LogP contribution is -2.37. The van der Waals surface area contributed by atoms with Crippen molar-refractivity contribution in [2.24, 2.45) is 7.05 Å². The molecule has 0 bridgehead atoms. The van der Waals surface area contributed by atoms with E-state index < -0.39 is 17.8 Å². The van der Waals surface area contributed by atoms with Crippen LogP contribution in [0, 0.1) is 0 Å². The van der Waals surface area contributed by atoms with Gasteiger partial charge in [0.2, 0.25) is 0 Å². The Morgan fingerprint density at radius 2 is 1.95 bits per heavy atom. The zero-order valence-corrected chi connectivity index (χ0v) is 20.6. The Balaban J connectivity index is 1.71. The third-order valence-corrected chi connectivity index (χ3v) is 5.75. The van der Waals surface area contributed by atoms with E-state index in [0.717, 1.165) is 23.1 Å². The number of amides is 1.